The molecule has 1 aliphatic rings. The molecule has 1 fully saturated rings. The van der Waals surface area contributed by atoms with E-state index in [-0.39, 0.29) is 36.1 Å². The van der Waals surface area contributed by atoms with Gasteiger partial charge in [0.15, 0.2) is 0 Å². The van der Waals surface area contributed by atoms with Gasteiger partial charge >= 0.3 is 0 Å². The van der Waals surface area contributed by atoms with Gasteiger partial charge in [0.25, 0.3) is 5.69 Å². The van der Waals surface area contributed by atoms with Crippen molar-refractivity contribution in [1.82, 2.24) is 4.90 Å². The van der Waals surface area contributed by atoms with Crippen LogP contribution in [0, 0.1) is 10.1 Å². The lowest BCUT2D eigenvalue weighted by atomic mass is 10.2. The highest BCUT2D eigenvalue weighted by Crippen LogP contribution is 2.29. The molecular formula is C15H21N3O5. The topological polar surface area (TPSA) is 93.9 Å². The average Bonchev–Trinajstić information content (AvgIpc) is 2.46. The molecule has 8 nitrogen and oxygen atoms in total. The Bertz CT molecular complexity index is 582. The Hall–Kier alpha value is -2.19. The monoisotopic (exact) mass is 323 g/mol. The third-order valence-corrected chi connectivity index (χ3v) is 3.53. The maximum absolute atomic E-state index is 12.2. The van der Waals surface area contributed by atoms with Crippen LogP contribution >= 0.6 is 0 Å². The van der Waals surface area contributed by atoms with Gasteiger partial charge in [-0.15, -0.1) is 0 Å². The van der Waals surface area contributed by atoms with Crippen LogP contribution in [0.3, 0.4) is 0 Å². The van der Waals surface area contributed by atoms with E-state index in [4.69, 9.17) is 9.47 Å². The SMILES string of the molecule is COc1cc([N+](=O)[O-])ccc1NC(=O)CN1C[C@H](C)O[C@@H](C)C1. The summed E-state index contributed by atoms with van der Waals surface area (Å²) in [6.07, 6.45) is 0.168. The maximum atomic E-state index is 12.2. The molecule has 8 heteroatoms. The fraction of sp³-hybridized carbons (Fsp3) is 0.533. The smallest absolute Gasteiger partial charge is 0.273 e. The number of ether oxygens (including phenoxy) is 2. The third-order valence-electron chi connectivity index (χ3n) is 3.53. The van der Waals surface area contributed by atoms with Gasteiger partial charge < -0.3 is 14.8 Å². The molecule has 0 unspecified atom stereocenters. The van der Waals surface area contributed by atoms with E-state index in [2.05, 4.69) is 5.32 Å². The first-order valence-electron chi connectivity index (χ1n) is 7.39. The molecule has 1 saturated heterocycles. The van der Waals surface area contributed by atoms with Gasteiger partial charge in [0, 0.05) is 19.2 Å². The van der Waals surface area contributed by atoms with Crippen molar-refractivity contribution in [1.29, 1.82) is 0 Å². The molecule has 1 heterocycles. The van der Waals surface area contributed by atoms with Crippen molar-refractivity contribution in [3.05, 3.63) is 28.3 Å². The number of carbonyl (C=O) groups excluding carboxylic acids is 1. The Morgan fingerprint density at radius 2 is 2.09 bits per heavy atom. The molecule has 23 heavy (non-hydrogen) atoms. The van der Waals surface area contributed by atoms with Crippen LogP contribution in [-0.4, -0.2) is 54.7 Å². The number of hydrogen-bond acceptors (Lipinski definition) is 6. The normalized spacial score (nSPS) is 21.7. The maximum Gasteiger partial charge on any atom is 0.273 e. The second kappa shape index (κ2) is 7.38. The van der Waals surface area contributed by atoms with E-state index in [0.717, 1.165) is 0 Å². The molecule has 1 amide bonds. The predicted molar refractivity (Wildman–Crippen MR) is 84.7 cm³/mol. The summed E-state index contributed by atoms with van der Waals surface area (Å²) in [5.41, 5.74) is 0.327. The average molecular weight is 323 g/mol. The first-order valence-corrected chi connectivity index (χ1v) is 7.39. The van der Waals surface area contributed by atoms with Crippen molar-refractivity contribution in [2.24, 2.45) is 0 Å². The minimum atomic E-state index is -0.509. The molecule has 0 aliphatic carbocycles. The zero-order valence-electron chi connectivity index (χ0n) is 13.4. The second-order valence-corrected chi connectivity index (χ2v) is 5.64. The quantitative estimate of drug-likeness (QED) is 0.654. The molecule has 2 atom stereocenters. The van der Waals surface area contributed by atoms with Gasteiger partial charge in [-0.2, -0.15) is 0 Å². The fourth-order valence-corrected chi connectivity index (χ4v) is 2.70. The van der Waals surface area contributed by atoms with Crippen molar-refractivity contribution < 1.29 is 19.2 Å². The van der Waals surface area contributed by atoms with E-state index in [0.29, 0.717) is 18.8 Å². The first-order chi connectivity index (χ1) is 10.9. The van der Waals surface area contributed by atoms with Crippen LogP contribution in [0.2, 0.25) is 0 Å². The number of morpholine rings is 1. The van der Waals surface area contributed by atoms with Crippen molar-refractivity contribution in [3.8, 4) is 5.75 Å². The Balaban J connectivity index is 2.01. The van der Waals surface area contributed by atoms with Crippen molar-refractivity contribution in [2.45, 2.75) is 26.1 Å². The molecule has 0 aromatic heterocycles. The van der Waals surface area contributed by atoms with Gasteiger partial charge in [0.2, 0.25) is 5.91 Å². The summed E-state index contributed by atoms with van der Waals surface area (Å²) in [5.74, 6) is 0.0646. The van der Waals surface area contributed by atoms with Crippen molar-refractivity contribution >= 4 is 17.3 Å². The van der Waals surface area contributed by atoms with Gasteiger partial charge in [-0.05, 0) is 19.9 Å². The number of methoxy groups -OCH3 is 1. The van der Waals surface area contributed by atoms with Gasteiger partial charge in [0.1, 0.15) is 5.75 Å². The number of carbonyl (C=O) groups is 1. The van der Waals surface area contributed by atoms with E-state index in [1.54, 1.807) is 0 Å². The zero-order chi connectivity index (χ0) is 17.0. The Labute approximate surface area is 134 Å². The van der Waals surface area contributed by atoms with E-state index in [1.165, 1.54) is 25.3 Å². The van der Waals surface area contributed by atoms with Gasteiger partial charge in [-0.25, -0.2) is 0 Å². The highest BCUT2D eigenvalue weighted by Gasteiger charge is 2.24. The summed E-state index contributed by atoms with van der Waals surface area (Å²) in [4.78, 5) is 24.5. The summed E-state index contributed by atoms with van der Waals surface area (Å²) in [6.45, 7) is 5.56. The lowest BCUT2D eigenvalue weighted by Crippen LogP contribution is -2.48. The minimum absolute atomic E-state index is 0.0838. The van der Waals surface area contributed by atoms with Crippen LogP contribution in [-0.2, 0) is 9.53 Å². The summed E-state index contributed by atoms with van der Waals surface area (Å²) >= 11 is 0. The Kier molecular flexibility index (Phi) is 5.51. The van der Waals surface area contributed by atoms with Crippen LogP contribution in [0.5, 0.6) is 5.75 Å². The molecular weight excluding hydrogens is 302 g/mol. The molecule has 1 N–H and O–H groups in total. The molecule has 0 bridgehead atoms. The summed E-state index contributed by atoms with van der Waals surface area (Å²) in [7, 11) is 1.40. The third kappa shape index (κ3) is 4.64. The summed E-state index contributed by atoms with van der Waals surface area (Å²) < 4.78 is 10.7. The lowest BCUT2D eigenvalue weighted by molar-refractivity contribution is -0.384. The molecule has 1 aliphatic heterocycles. The number of amides is 1. The molecule has 0 radical (unpaired) electrons. The fourth-order valence-electron chi connectivity index (χ4n) is 2.70. The number of hydrogen-bond donors (Lipinski definition) is 1. The molecule has 0 spiro atoms. The standard InChI is InChI=1S/C15H21N3O5/c1-10-7-17(8-11(2)23-10)9-15(19)16-13-5-4-12(18(20)21)6-14(13)22-3/h4-6,10-11H,7-9H2,1-3H3,(H,16,19)/t10-,11-/m0/s1. The second-order valence-electron chi connectivity index (χ2n) is 5.64. The van der Waals surface area contributed by atoms with E-state index in [1.807, 2.05) is 18.7 Å². The number of non-ortho nitro benzene ring substituents is 1. The van der Waals surface area contributed by atoms with E-state index >= 15 is 0 Å². The molecule has 2 rings (SSSR count). The Morgan fingerprint density at radius 3 is 2.65 bits per heavy atom. The number of anilines is 1. The number of rotatable bonds is 5. The highest BCUT2D eigenvalue weighted by atomic mass is 16.6. The van der Waals surface area contributed by atoms with Crippen molar-refractivity contribution in [2.75, 3.05) is 32.1 Å². The number of nitro groups is 1. The lowest BCUT2D eigenvalue weighted by Gasteiger charge is -2.34. The molecule has 1 aromatic carbocycles. The molecule has 126 valence electrons. The summed E-state index contributed by atoms with van der Waals surface area (Å²) in [5, 5.41) is 13.5. The van der Waals surface area contributed by atoms with E-state index in [9.17, 15) is 14.9 Å². The van der Waals surface area contributed by atoms with Gasteiger partial charge in [-0.1, -0.05) is 0 Å². The van der Waals surface area contributed by atoms with Crippen LogP contribution in [0.4, 0.5) is 11.4 Å². The van der Waals surface area contributed by atoms with Crippen molar-refractivity contribution in [3.63, 3.8) is 0 Å². The first kappa shape index (κ1) is 17.2. The number of nitrogens with zero attached hydrogens (tertiary/aromatic N) is 2. The van der Waals surface area contributed by atoms with E-state index < -0.39 is 4.92 Å². The van der Waals surface area contributed by atoms with Gasteiger partial charge in [0.05, 0.1) is 42.5 Å². The summed E-state index contributed by atoms with van der Waals surface area (Å²) in [6, 6.07) is 4.09. The van der Waals surface area contributed by atoms with Crippen LogP contribution < -0.4 is 10.1 Å². The van der Waals surface area contributed by atoms with Gasteiger partial charge in [-0.3, -0.25) is 19.8 Å². The largest absolute Gasteiger partial charge is 0.494 e. The minimum Gasteiger partial charge on any atom is -0.494 e. The number of nitrogens with one attached hydrogen (secondary N) is 1. The predicted octanol–water partition coefficient (Wildman–Crippen LogP) is 1.65. The van der Waals surface area contributed by atoms with Crippen LogP contribution in [0.15, 0.2) is 18.2 Å². The molecule has 1 aromatic rings. The molecule has 0 saturated carbocycles. The zero-order valence-corrected chi connectivity index (χ0v) is 13.4. The van der Waals surface area contributed by atoms with Crippen LogP contribution in [0.25, 0.3) is 0 Å². The van der Waals surface area contributed by atoms with Crippen LogP contribution in [0.1, 0.15) is 13.8 Å². The number of nitro benzene ring substituents is 1. The highest BCUT2D eigenvalue weighted by molar-refractivity contribution is 5.93. The Morgan fingerprint density at radius 1 is 1.43 bits per heavy atom. The number of benzene rings is 1.